The van der Waals surface area contributed by atoms with Gasteiger partial charge in [0.1, 0.15) is 5.75 Å². The lowest BCUT2D eigenvalue weighted by atomic mass is 10.1. The van der Waals surface area contributed by atoms with Crippen LogP contribution in [0.5, 0.6) is 5.75 Å². The highest BCUT2D eigenvalue weighted by molar-refractivity contribution is 5.94. The Hall–Kier alpha value is -2.01. The fraction of sp³-hybridized carbons (Fsp3) is 0.438. The standard InChI is InChI=1S/C16H23N3O2/c1-17(2)9-8-12-11-19(16(20)18(3)4)15-7-6-13(21-5)10-14(12)15/h6-7,10-11H,8-9H2,1-5H3. The van der Waals surface area contributed by atoms with E-state index in [4.69, 9.17) is 4.74 Å². The Balaban J connectivity index is 2.52. The van der Waals surface area contributed by atoms with Crippen LogP contribution in [0.1, 0.15) is 5.56 Å². The number of carbonyl (C=O) groups is 1. The van der Waals surface area contributed by atoms with Gasteiger partial charge in [-0.1, -0.05) is 0 Å². The van der Waals surface area contributed by atoms with E-state index in [1.807, 2.05) is 38.5 Å². The number of likely N-dealkylation sites (N-methyl/N-ethyl adjacent to an activating group) is 1. The van der Waals surface area contributed by atoms with Crippen LogP contribution in [0.4, 0.5) is 4.79 Å². The molecule has 0 atom stereocenters. The SMILES string of the molecule is COc1ccc2c(c1)c(CCN(C)C)cn2C(=O)N(C)C. The number of carbonyl (C=O) groups excluding carboxylic acids is 1. The number of fused-ring (bicyclic) bond motifs is 1. The second kappa shape index (κ2) is 6.18. The summed E-state index contributed by atoms with van der Waals surface area (Å²) in [5.74, 6) is 0.809. The maximum Gasteiger partial charge on any atom is 0.328 e. The molecule has 0 N–H and O–H groups in total. The molecule has 0 aliphatic heterocycles. The Morgan fingerprint density at radius 2 is 1.95 bits per heavy atom. The first-order chi connectivity index (χ1) is 9.93. The van der Waals surface area contributed by atoms with Gasteiger partial charge in [-0.3, -0.25) is 4.57 Å². The maximum absolute atomic E-state index is 12.3. The van der Waals surface area contributed by atoms with Crippen molar-refractivity contribution in [3.63, 3.8) is 0 Å². The summed E-state index contributed by atoms with van der Waals surface area (Å²) in [6.07, 6.45) is 2.83. The van der Waals surface area contributed by atoms with Gasteiger partial charge in [0.05, 0.1) is 12.6 Å². The molecule has 0 bridgehead atoms. The van der Waals surface area contributed by atoms with Gasteiger partial charge in [-0.05, 0) is 44.3 Å². The van der Waals surface area contributed by atoms with Crippen LogP contribution >= 0.6 is 0 Å². The summed E-state index contributed by atoms with van der Waals surface area (Å²) in [4.78, 5) is 16.0. The molecule has 0 unspecified atom stereocenters. The zero-order valence-electron chi connectivity index (χ0n) is 13.4. The van der Waals surface area contributed by atoms with E-state index in [0.717, 1.165) is 35.2 Å². The molecule has 1 amide bonds. The minimum absolute atomic E-state index is 0.0405. The Morgan fingerprint density at radius 1 is 1.24 bits per heavy atom. The number of ether oxygens (including phenoxy) is 1. The molecule has 0 fully saturated rings. The second-order valence-corrected chi connectivity index (χ2v) is 5.64. The smallest absolute Gasteiger partial charge is 0.328 e. The zero-order valence-corrected chi connectivity index (χ0v) is 13.4. The first-order valence-electron chi connectivity index (χ1n) is 6.98. The average molecular weight is 289 g/mol. The highest BCUT2D eigenvalue weighted by Crippen LogP contribution is 2.26. The van der Waals surface area contributed by atoms with Crippen LogP contribution in [-0.4, -0.2) is 62.2 Å². The molecule has 0 aliphatic rings. The third-order valence-corrected chi connectivity index (χ3v) is 3.51. The normalized spacial score (nSPS) is 11.1. The Kier molecular flexibility index (Phi) is 4.53. The molecule has 1 heterocycles. The van der Waals surface area contributed by atoms with Crippen LogP contribution in [0.3, 0.4) is 0 Å². The molecular formula is C16H23N3O2. The van der Waals surface area contributed by atoms with Crippen molar-refractivity contribution in [1.82, 2.24) is 14.4 Å². The lowest BCUT2D eigenvalue weighted by molar-refractivity contribution is 0.220. The molecule has 5 heteroatoms. The molecule has 21 heavy (non-hydrogen) atoms. The van der Waals surface area contributed by atoms with Crippen LogP contribution in [0.15, 0.2) is 24.4 Å². The fourth-order valence-electron chi connectivity index (χ4n) is 2.32. The molecule has 0 aliphatic carbocycles. The lowest BCUT2D eigenvalue weighted by Gasteiger charge is -2.11. The first kappa shape index (κ1) is 15.4. The third-order valence-electron chi connectivity index (χ3n) is 3.51. The molecule has 5 nitrogen and oxygen atoms in total. The van der Waals surface area contributed by atoms with Crippen molar-refractivity contribution in [1.29, 1.82) is 0 Å². The molecule has 1 aromatic heterocycles. The van der Waals surface area contributed by atoms with Gasteiger partial charge in [0.25, 0.3) is 0 Å². The number of methoxy groups -OCH3 is 1. The van der Waals surface area contributed by atoms with E-state index in [1.165, 1.54) is 0 Å². The molecule has 114 valence electrons. The average Bonchev–Trinajstić information content (AvgIpc) is 2.81. The van der Waals surface area contributed by atoms with E-state index in [9.17, 15) is 4.79 Å². The van der Waals surface area contributed by atoms with E-state index < -0.39 is 0 Å². The van der Waals surface area contributed by atoms with Crippen molar-refractivity contribution in [3.05, 3.63) is 30.0 Å². The summed E-state index contributed by atoms with van der Waals surface area (Å²) in [5.41, 5.74) is 2.08. The van der Waals surface area contributed by atoms with Crippen molar-refractivity contribution in [2.45, 2.75) is 6.42 Å². The van der Waals surface area contributed by atoms with Crippen LogP contribution in [0, 0.1) is 0 Å². The predicted octanol–water partition coefficient (Wildman–Crippen LogP) is 2.28. The van der Waals surface area contributed by atoms with E-state index >= 15 is 0 Å². The van der Waals surface area contributed by atoms with E-state index in [0.29, 0.717) is 0 Å². The molecule has 2 rings (SSSR count). The number of aromatic nitrogens is 1. The minimum Gasteiger partial charge on any atom is -0.497 e. The lowest BCUT2D eigenvalue weighted by Crippen LogP contribution is -2.26. The minimum atomic E-state index is -0.0405. The number of benzene rings is 1. The zero-order chi connectivity index (χ0) is 15.6. The van der Waals surface area contributed by atoms with Crippen molar-refractivity contribution < 1.29 is 9.53 Å². The molecule has 0 saturated carbocycles. The van der Waals surface area contributed by atoms with Gasteiger partial charge in [-0.2, -0.15) is 0 Å². The highest BCUT2D eigenvalue weighted by atomic mass is 16.5. The van der Waals surface area contributed by atoms with Crippen LogP contribution < -0.4 is 4.74 Å². The van der Waals surface area contributed by atoms with Crippen molar-refractivity contribution in [3.8, 4) is 5.75 Å². The number of hydrogen-bond donors (Lipinski definition) is 0. The van der Waals surface area contributed by atoms with Gasteiger partial charge in [0, 0.05) is 32.2 Å². The topological polar surface area (TPSA) is 37.7 Å². The predicted molar refractivity (Wildman–Crippen MR) is 85.2 cm³/mol. The fourth-order valence-corrected chi connectivity index (χ4v) is 2.32. The third kappa shape index (κ3) is 3.19. The van der Waals surface area contributed by atoms with Gasteiger partial charge in [-0.15, -0.1) is 0 Å². The van der Waals surface area contributed by atoms with Crippen LogP contribution in [0.25, 0.3) is 10.9 Å². The van der Waals surface area contributed by atoms with Gasteiger partial charge >= 0.3 is 6.03 Å². The first-order valence-corrected chi connectivity index (χ1v) is 6.98. The number of amides is 1. The molecule has 0 spiro atoms. The Bertz CT molecular complexity index is 644. The van der Waals surface area contributed by atoms with Gasteiger partial charge < -0.3 is 14.5 Å². The van der Waals surface area contributed by atoms with Crippen molar-refractivity contribution >= 4 is 16.9 Å². The summed E-state index contributed by atoms with van der Waals surface area (Å²) in [5, 5.41) is 1.08. The molecule has 0 saturated heterocycles. The van der Waals surface area contributed by atoms with E-state index in [1.54, 1.807) is 30.7 Å². The summed E-state index contributed by atoms with van der Waals surface area (Å²) in [6.45, 7) is 0.937. The van der Waals surface area contributed by atoms with Crippen LogP contribution in [0.2, 0.25) is 0 Å². The largest absolute Gasteiger partial charge is 0.497 e. The summed E-state index contributed by atoms with van der Waals surface area (Å²) in [7, 11) is 9.27. The number of hydrogen-bond acceptors (Lipinski definition) is 3. The Morgan fingerprint density at radius 3 is 2.52 bits per heavy atom. The maximum atomic E-state index is 12.3. The molecular weight excluding hydrogens is 266 g/mol. The summed E-state index contributed by atoms with van der Waals surface area (Å²) >= 11 is 0. The summed E-state index contributed by atoms with van der Waals surface area (Å²) in [6, 6.07) is 5.78. The van der Waals surface area contributed by atoms with Crippen molar-refractivity contribution in [2.24, 2.45) is 0 Å². The molecule has 0 radical (unpaired) electrons. The molecule has 2 aromatic rings. The van der Waals surface area contributed by atoms with Crippen molar-refractivity contribution in [2.75, 3.05) is 41.8 Å². The van der Waals surface area contributed by atoms with Crippen LogP contribution in [-0.2, 0) is 6.42 Å². The summed E-state index contributed by atoms with van der Waals surface area (Å²) < 4.78 is 7.01. The number of nitrogens with zero attached hydrogens (tertiary/aromatic N) is 3. The molecule has 1 aromatic carbocycles. The quantitative estimate of drug-likeness (QED) is 0.866. The second-order valence-electron chi connectivity index (χ2n) is 5.64. The van der Waals surface area contributed by atoms with E-state index in [-0.39, 0.29) is 6.03 Å². The van der Waals surface area contributed by atoms with Gasteiger partial charge in [-0.25, -0.2) is 4.79 Å². The number of rotatable bonds is 4. The van der Waals surface area contributed by atoms with Gasteiger partial charge in [0.15, 0.2) is 0 Å². The monoisotopic (exact) mass is 289 g/mol. The highest BCUT2D eigenvalue weighted by Gasteiger charge is 2.15. The Labute approximate surface area is 125 Å². The van der Waals surface area contributed by atoms with E-state index in [2.05, 4.69) is 4.90 Å². The van der Waals surface area contributed by atoms with Gasteiger partial charge in [0.2, 0.25) is 0 Å².